The maximum absolute atomic E-state index is 11.4. The first-order valence-corrected chi connectivity index (χ1v) is 4.53. The number of Topliss-reactive ketones (excluding diaryl/α,β-unsaturated/α-hetero) is 1. The molecule has 14 heavy (non-hydrogen) atoms. The van der Waals surface area contributed by atoms with Crippen molar-refractivity contribution < 1.29 is 4.79 Å². The Hall–Kier alpha value is -1.53. The summed E-state index contributed by atoms with van der Waals surface area (Å²) in [6.07, 6.45) is 0. The number of benzene rings is 1. The molecule has 0 atom stereocenters. The maximum atomic E-state index is 11.4. The van der Waals surface area contributed by atoms with E-state index in [4.69, 9.17) is 22.6 Å². The van der Waals surface area contributed by atoms with Gasteiger partial charge in [0.2, 0.25) is 0 Å². The number of anilines is 1. The molecule has 0 aromatic heterocycles. The molecule has 1 aromatic rings. The molecule has 3 nitrogen and oxygen atoms in total. The molecule has 0 heterocycles. The van der Waals surface area contributed by atoms with E-state index in [-0.39, 0.29) is 17.4 Å². The van der Waals surface area contributed by atoms with Gasteiger partial charge in [-0.1, -0.05) is 6.07 Å². The summed E-state index contributed by atoms with van der Waals surface area (Å²) in [7, 11) is 0. The lowest BCUT2D eigenvalue weighted by molar-refractivity contribution is 0.102. The van der Waals surface area contributed by atoms with Crippen molar-refractivity contribution in [3.63, 3.8) is 0 Å². The van der Waals surface area contributed by atoms with Crippen LogP contribution < -0.4 is 5.73 Å². The highest BCUT2D eigenvalue weighted by atomic mass is 35.5. The Labute approximate surface area is 87.1 Å². The first-order valence-electron chi connectivity index (χ1n) is 4.00. The van der Waals surface area contributed by atoms with Gasteiger partial charge in [0, 0.05) is 5.56 Å². The summed E-state index contributed by atoms with van der Waals surface area (Å²) in [5, 5.41) is 8.71. The molecule has 1 rings (SSSR count). The van der Waals surface area contributed by atoms with E-state index in [1.807, 2.05) is 6.07 Å². The number of nitrogens with zero attached hydrogens (tertiary/aromatic N) is 1. The van der Waals surface area contributed by atoms with Gasteiger partial charge in [-0.05, 0) is 18.6 Å². The third-order valence-corrected chi connectivity index (χ3v) is 2.22. The summed E-state index contributed by atoms with van der Waals surface area (Å²) in [5.41, 5.74) is 7.30. The molecular formula is C10H9ClN2O. The third kappa shape index (κ3) is 1.70. The second kappa shape index (κ2) is 4.12. The van der Waals surface area contributed by atoms with Gasteiger partial charge >= 0.3 is 0 Å². The van der Waals surface area contributed by atoms with Crippen LogP contribution in [0.15, 0.2) is 12.1 Å². The van der Waals surface area contributed by atoms with Crippen molar-refractivity contribution in [2.24, 2.45) is 0 Å². The smallest absolute Gasteiger partial charge is 0.179 e. The molecule has 0 fully saturated rings. The van der Waals surface area contributed by atoms with Crippen LogP contribution in [0.1, 0.15) is 21.5 Å². The maximum Gasteiger partial charge on any atom is 0.179 e. The Morgan fingerprint density at radius 3 is 2.79 bits per heavy atom. The van der Waals surface area contributed by atoms with Crippen LogP contribution in [-0.4, -0.2) is 11.7 Å². The minimum Gasteiger partial charge on any atom is -0.397 e. The average molecular weight is 209 g/mol. The Kier molecular flexibility index (Phi) is 3.10. The quantitative estimate of drug-likeness (QED) is 0.458. The summed E-state index contributed by atoms with van der Waals surface area (Å²) in [4.78, 5) is 11.4. The fourth-order valence-electron chi connectivity index (χ4n) is 1.26. The van der Waals surface area contributed by atoms with E-state index in [9.17, 15) is 4.79 Å². The molecule has 4 heteroatoms. The molecule has 0 radical (unpaired) electrons. The van der Waals surface area contributed by atoms with Gasteiger partial charge < -0.3 is 5.73 Å². The summed E-state index contributed by atoms with van der Waals surface area (Å²) in [5.74, 6) is -0.376. The molecule has 0 aliphatic rings. The van der Waals surface area contributed by atoms with Crippen LogP contribution in [0.5, 0.6) is 0 Å². The van der Waals surface area contributed by atoms with E-state index >= 15 is 0 Å². The normalized spacial score (nSPS) is 9.50. The number of hydrogen-bond acceptors (Lipinski definition) is 3. The molecule has 2 N–H and O–H groups in total. The van der Waals surface area contributed by atoms with Gasteiger partial charge in [0.15, 0.2) is 5.78 Å². The largest absolute Gasteiger partial charge is 0.397 e. The number of hydrogen-bond donors (Lipinski definition) is 1. The third-order valence-electron chi connectivity index (χ3n) is 1.97. The summed E-state index contributed by atoms with van der Waals surface area (Å²) < 4.78 is 0. The van der Waals surface area contributed by atoms with Crippen molar-refractivity contribution in [3.05, 3.63) is 28.8 Å². The molecule has 0 spiro atoms. The van der Waals surface area contributed by atoms with Crippen molar-refractivity contribution >= 4 is 23.1 Å². The second-order valence-corrected chi connectivity index (χ2v) is 3.15. The number of alkyl halides is 1. The minimum atomic E-state index is -0.251. The number of nitrogen functional groups attached to an aromatic ring is 1. The van der Waals surface area contributed by atoms with Crippen molar-refractivity contribution in [1.82, 2.24) is 0 Å². The van der Waals surface area contributed by atoms with Crippen LogP contribution in [0.2, 0.25) is 0 Å². The zero-order valence-corrected chi connectivity index (χ0v) is 8.43. The standard InChI is InChI=1S/C10H9ClN2O/c1-6-2-3-7(5-12)10(13)9(6)8(14)4-11/h2-3H,4,13H2,1H3. The van der Waals surface area contributed by atoms with Crippen molar-refractivity contribution in [1.29, 1.82) is 5.26 Å². The highest BCUT2D eigenvalue weighted by molar-refractivity contribution is 6.31. The van der Waals surface area contributed by atoms with Crippen LogP contribution in [0.4, 0.5) is 5.69 Å². The van der Waals surface area contributed by atoms with Gasteiger partial charge in [0.1, 0.15) is 6.07 Å². The van der Waals surface area contributed by atoms with Gasteiger partial charge in [-0.15, -0.1) is 11.6 Å². The molecule has 1 aromatic carbocycles. The average Bonchev–Trinajstić information content (AvgIpc) is 2.18. The van der Waals surface area contributed by atoms with Gasteiger partial charge in [-0.3, -0.25) is 4.79 Å². The highest BCUT2D eigenvalue weighted by Crippen LogP contribution is 2.21. The van der Waals surface area contributed by atoms with Crippen molar-refractivity contribution in [3.8, 4) is 6.07 Å². The number of aryl methyl sites for hydroxylation is 1. The Morgan fingerprint density at radius 2 is 2.29 bits per heavy atom. The number of nitrogens with two attached hydrogens (primary N) is 1. The van der Waals surface area contributed by atoms with E-state index in [0.717, 1.165) is 5.56 Å². The topological polar surface area (TPSA) is 66.9 Å². The van der Waals surface area contributed by atoms with Gasteiger partial charge in [-0.25, -0.2) is 0 Å². The van der Waals surface area contributed by atoms with Crippen LogP contribution >= 0.6 is 11.6 Å². The lowest BCUT2D eigenvalue weighted by Gasteiger charge is -2.07. The number of halogens is 1. The summed E-state index contributed by atoms with van der Waals surface area (Å²) in [6, 6.07) is 5.20. The number of carbonyl (C=O) groups is 1. The van der Waals surface area contributed by atoms with E-state index in [1.165, 1.54) is 0 Å². The highest BCUT2D eigenvalue weighted by Gasteiger charge is 2.14. The number of nitriles is 1. The zero-order valence-electron chi connectivity index (χ0n) is 7.67. The monoisotopic (exact) mass is 208 g/mol. The predicted molar refractivity (Wildman–Crippen MR) is 55.4 cm³/mol. The lowest BCUT2D eigenvalue weighted by atomic mass is 10.00. The molecule has 0 bridgehead atoms. The minimum absolute atomic E-state index is 0.125. The fourth-order valence-corrected chi connectivity index (χ4v) is 1.40. The van der Waals surface area contributed by atoms with Gasteiger partial charge in [-0.2, -0.15) is 5.26 Å². The first-order chi connectivity index (χ1) is 6.61. The first kappa shape index (κ1) is 10.6. The summed E-state index contributed by atoms with van der Waals surface area (Å²) >= 11 is 5.44. The second-order valence-electron chi connectivity index (χ2n) is 2.89. The molecule has 0 amide bonds. The SMILES string of the molecule is Cc1ccc(C#N)c(N)c1C(=O)CCl. The molecule has 0 saturated heterocycles. The van der Waals surface area contributed by atoms with Crippen LogP contribution in [0.25, 0.3) is 0 Å². The Bertz CT molecular complexity index is 421. The number of carbonyl (C=O) groups excluding carboxylic acids is 1. The van der Waals surface area contributed by atoms with Gasteiger partial charge in [0.25, 0.3) is 0 Å². The molecule has 0 aliphatic heterocycles. The van der Waals surface area contributed by atoms with Crippen LogP contribution in [-0.2, 0) is 0 Å². The zero-order chi connectivity index (χ0) is 10.7. The van der Waals surface area contributed by atoms with Crippen molar-refractivity contribution in [2.75, 3.05) is 11.6 Å². The van der Waals surface area contributed by atoms with Crippen LogP contribution in [0.3, 0.4) is 0 Å². The number of ketones is 1. The fraction of sp³-hybridized carbons (Fsp3) is 0.200. The number of rotatable bonds is 2. The van der Waals surface area contributed by atoms with Crippen molar-refractivity contribution in [2.45, 2.75) is 6.92 Å². The molecule has 0 saturated carbocycles. The molecule has 0 aliphatic carbocycles. The lowest BCUT2D eigenvalue weighted by Crippen LogP contribution is -2.08. The Morgan fingerprint density at radius 1 is 1.64 bits per heavy atom. The Balaban J connectivity index is 3.42. The van der Waals surface area contributed by atoms with Gasteiger partial charge in [0.05, 0.1) is 17.1 Å². The van der Waals surface area contributed by atoms with E-state index in [2.05, 4.69) is 0 Å². The van der Waals surface area contributed by atoms with E-state index in [1.54, 1.807) is 19.1 Å². The van der Waals surface area contributed by atoms with Crippen LogP contribution in [0, 0.1) is 18.3 Å². The van der Waals surface area contributed by atoms with E-state index in [0.29, 0.717) is 11.1 Å². The van der Waals surface area contributed by atoms with E-state index < -0.39 is 0 Å². The predicted octanol–water partition coefficient (Wildman–Crippen LogP) is 1.87. The molecule has 0 unspecified atom stereocenters. The molecular weight excluding hydrogens is 200 g/mol. The summed E-state index contributed by atoms with van der Waals surface area (Å²) in [6.45, 7) is 1.76. The molecule has 72 valence electrons.